The Hall–Kier alpha value is -2.53. The van der Waals surface area contributed by atoms with Gasteiger partial charge in [0.05, 0.1) is 19.8 Å². The minimum Gasteiger partial charge on any atom is -0.493 e. The molecule has 1 aliphatic heterocycles. The van der Waals surface area contributed by atoms with Crippen LogP contribution in [0.2, 0.25) is 0 Å². The average molecular weight is 411 g/mol. The fourth-order valence-electron chi connectivity index (χ4n) is 3.70. The average Bonchev–Trinajstić information content (AvgIpc) is 3.25. The Morgan fingerprint density at radius 2 is 1.83 bits per heavy atom. The molecule has 0 aliphatic carbocycles. The van der Waals surface area contributed by atoms with Gasteiger partial charge >= 0.3 is 0 Å². The van der Waals surface area contributed by atoms with Crippen LogP contribution in [-0.2, 0) is 6.54 Å². The second-order valence-corrected chi connectivity index (χ2v) is 8.49. The van der Waals surface area contributed by atoms with Crippen molar-refractivity contribution in [1.82, 2.24) is 10.2 Å². The quantitative estimate of drug-likeness (QED) is 0.644. The van der Waals surface area contributed by atoms with Crippen LogP contribution in [0.4, 0.5) is 0 Å². The number of ether oxygens (including phenoxy) is 2. The van der Waals surface area contributed by atoms with Gasteiger partial charge in [-0.15, -0.1) is 0 Å². The number of rotatable bonds is 9. The van der Waals surface area contributed by atoms with E-state index in [1.54, 1.807) is 7.11 Å². The zero-order valence-corrected chi connectivity index (χ0v) is 18.6. The highest BCUT2D eigenvalue weighted by Gasteiger charge is 2.16. The predicted octanol–water partition coefficient (Wildman–Crippen LogP) is 4.82. The Morgan fingerprint density at radius 3 is 2.53 bits per heavy atom. The van der Waals surface area contributed by atoms with E-state index in [0.717, 1.165) is 30.9 Å². The van der Waals surface area contributed by atoms with Gasteiger partial charge in [-0.05, 0) is 74.2 Å². The van der Waals surface area contributed by atoms with Crippen LogP contribution >= 0.6 is 0 Å². The second kappa shape index (κ2) is 10.5. The molecule has 0 aromatic heterocycles. The van der Waals surface area contributed by atoms with Gasteiger partial charge in [-0.1, -0.05) is 32.0 Å². The Balaban J connectivity index is 1.65. The first kappa shape index (κ1) is 22.2. The van der Waals surface area contributed by atoms with Crippen molar-refractivity contribution in [3.63, 3.8) is 0 Å². The van der Waals surface area contributed by atoms with Crippen LogP contribution in [0, 0.1) is 5.92 Å². The van der Waals surface area contributed by atoms with E-state index in [1.165, 1.54) is 18.4 Å². The summed E-state index contributed by atoms with van der Waals surface area (Å²) in [6.07, 6.45) is 2.53. The van der Waals surface area contributed by atoms with Gasteiger partial charge < -0.3 is 14.8 Å². The number of hydrogen-bond acceptors (Lipinski definition) is 4. The fraction of sp³-hybridized carbons (Fsp3) is 0.480. The van der Waals surface area contributed by atoms with Crippen molar-refractivity contribution in [3.05, 3.63) is 59.2 Å². The predicted molar refractivity (Wildman–Crippen MR) is 120 cm³/mol. The second-order valence-electron chi connectivity index (χ2n) is 8.49. The molecule has 2 aromatic carbocycles. The van der Waals surface area contributed by atoms with Gasteiger partial charge in [-0.25, -0.2) is 0 Å². The molecule has 1 unspecified atom stereocenters. The molecular formula is C25H34N2O3. The first-order valence-electron chi connectivity index (χ1n) is 10.9. The van der Waals surface area contributed by atoms with Gasteiger partial charge in [-0.2, -0.15) is 0 Å². The smallest absolute Gasteiger partial charge is 0.251 e. The van der Waals surface area contributed by atoms with Crippen LogP contribution in [0.5, 0.6) is 11.5 Å². The number of nitrogens with zero attached hydrogens (tertiary/aromatic N) is 1. The summed E-state index contributed by atoms with van der Waals surface area (Å²) in [5.74, 6) is 1.78. The van der Waals surface area contributed by atoms with E-state index < -0.39 is 0 Å². The Bertz CT molecular complexity index is 844. The molecule has 1 fully saturated rings. The Kier molecular flexibility index (Phi) is 7.75. The molecule has 1 aliphatic rings. The monoisotopic (exact) mass is 410 g/mol. The standard InChI is InChI=1S/C25H34N2O3/c1-18(2)17-30-23-11-10-21(15-24(23)29-4)19(3)26-25(28)22-9-7-8-20(14-22)16-27-12-5-6-13-27/h7-11,14-15,18-19H,5-6,12-13,16-17H2,1-4H3,(H,26,28). The number of likely N-dealkylation sites (tertiary alicyclic amines) is 1. The first-order valence-corrected chi connectivity index (χ1v) is 10.9. The van der Waals surface area contributed by atoms with Crippen molar-refractivity contribution in [2.75, 3.05) is 26.8 Å². The molecule has 1 heterocycles. The normalized spacial score (nSPS) is 15.2. The van der Waals surface area contributed by atoms with Crippen molar-refractivity contribution >= 4 is 5.91 Å². The lowest BCUT2D eigenvalue weighted by Gasteiger charge is -2.18. The van der Waals surface area contributed by atoms with E-state index >= 15 is 0 Å². The zero-order valence-electron chi connectivity index (χ0n) is 18.6. The number of nitrogens with one attached hydrogen (secondary N) is 1. The highest BCUT2D eigenvalue weighted by Crippen LogP contribution is 2.30. The number of carbonyl (C=O) groups excluding carboxylic acids is 1. The minimum absolute atomic E-state index is 0.0649. The summed E-state index contributed by atoms with van der Waals surface area (Å²) < 4.78 is 11.3. The molecule has 0 radical (unpaired) electrons. The lowest BCUT2D eigenvalue weighted by molar-refractivity contribution is 0.0939. The lowest BCUT2D eigenvalue weighted by atomic mass is 10.1. The third-order valence-corrected chi connectivity index (χ3v) is 5.40. The maximum absolute atomic E-state index is 12.8. The lowest BCUT2D eigenvalue weighted by Crippen LogP contribution is -2.27. The summed E-state index contributed by atoms with van der Waals surface area (Å²) in [5.41, 5.74) is 2.86. The zero-order chi connectivity index (χ0) is 21.5. The Labute approximate surface area is 180 Å². The van der Waals surface area contributed by atoms with E-state index in [4.69, 9.17) is 9.47 Å². The number of methoxy groups -OCH3 is 1. The number of hydrogen-bond donors (Lipinski definition) is 1. The van der Waals surface area contributed by atoms with Crippen LogP contribution in [0.3, 0.4) is 0 Å². The molecule has 0 saturated carbocycles. The van der Waals surface area contributed by atoms with E-state index in [2.05, 4.69) is 30.1 Å². The summed E-state index contributed by atoms with van der Waals surface area (Å²) in [7, 11) is 1.64. The summed E-state index contributed by atoms with van der Waals surface area (Å²) >= 11 is 0. The molecule has 30 heavy (non-hydrogen) atoms. The van der Waals surface area contributed by atoms with Crippen molar-refractivity contribution < 1.29 is 14.3 Å². The number of carbonyl (C=O) groups is 1. The van der Waals surface area contributed by atoms with Crippen molar-refractivity contribution in [1.29, 1.82) is 0 Å². The van der Waals surface area contributed by atoms with Crippen molar-refractivity contribution in [2.45, 2.75) is 46.2 Å². The van der Waals surface area contributed by atoms with Crippen LogP contribution in [-0.4, -0.2) is 37.6 Å². The highest BCUT2D eigenvalue weighted by atomic mass is 16.5. The van der Waals surface area contributed by atoms with E-state index in [9.17, 15) is 4.79 Å². The van der Waals surface area contributed by atoms with Crippen LogP contribution in [0.15, 0.2) is 42.5 Å². The van der Waals surface area contributed by atoms with E-state index in [-0.39, 0.29) is 11.9 Å². The molecule has 162 valence electrons. The molecule has 1 N–H and O–H groups in total. The third-order valence-electron chi connectivity index (χ3n) is 5.40. The third kappa shape index (κ3) is 5.99. The van der Waals surface area contributed by atoms with Crippen molar-refractivity contribution in [3.8, 4) is 11.5 Å². The van der Waals surface area contributed by atoms with Crippen LogP contribution < -0.4 is 14.8 Å². The summed E-state index contributed by atoms with van der Waals surface area (Å²) in [6.45, 7) is 10.0. The molecule has 1 saturated heterocycles. The summed E-state index contributed by atoms with van der Waals surface area (Å²) in [5, 5.41) is 3.11. The SMILES string of the molecule is COc1cc(C(C)NC(=O)c2cccc(CN3CCCC3)c2)ccc1OCC(C)C. The molecule has 2 aromatic rings. The molecule has 0 spiro atoms. The molecule has 1 atom stereocenters. The first-order chi connectivity index (χ1) is 14.5. The van der Waals surface area contributed by atoms with Gasteiger partial charge in [0.2, 0.25) is 0 Å². The minimum atomic E-state index is -0.146. The van der Waals surface area contributed by atoms with Crippen molar-refractivity contribution in [2.24, 2.45) is 5.92 Å². The Morgan fingerprint density at radius 1 is 1.07 bits per heavy atom. The fourth-order valence-corrected chi connectivity index (χ4v) is 3.70. The van der Waals surface area contributed by atoms with Crippen LogP contribution in [0.1, 0.15) is 61.1 Å². The molecule has 0 bridgehead atoms. The van der Waals surface area contributed by atoms with Gasteiger partial charge in [0.1, 0.15) is 0 Å². The largest absolute Gasteiger partial charge is 0.493 e. The summed E-state index contributed by atoms with van der Waals surface area (Å²) in [6, 6.07) is 13.6. The number of benzene rings is 2. The molecule has 5 nitrogen and oxygen atoms in total. The van der Waals surface area contributed by atoms with Gasteiger partial charge in [-0.3, -0.25) is 9.69 Å². The maximum atomic E-state index is 12.8. The molecule has 3 rings (SSSR count). The maximum Gasteiger partial charge on any atom is 0.251 e. The van der Waals surface area contributed by atoms with E-state index in [0.29, 0.717) is 23.8 Å². The molecule has 5 heteroatoms. The molecular weight excluding hydrogens is 376 g/mol. The van der Waals surface area contributed by atoms with Gasteiger partial charge in [0.25, 0.3) is 5.91 Å². The molecule has 1 amide bonds. The number of amides is 1. The summed E-state index contributed by atoms with van der Waals surface area (Å²) in [4.78, 5) is 15.3. The highest BCUT2D eigenvalue weighted by molar-refractivity contribution is 5.94. The topological polar surface area (TPSA) is 50.8 Å². The van der Waals surface area contributed by atoms with Gasteiger partial charge in [0, 0.05) is 12.1 Å². The van der Waals surface area contributed by atoms with E-state index in [1.807, 2.05) is 43.3 Å². The van der Waals surface area contributed by atoms with Gasteiger partial charge in [0.15, 0.2) is 11.5 Å². The van der Waals surface area contributed by atoms with Crippen LogP contribution in [0.25, 0.3) is 0 Å².